The van der Waals surface area contributed by atoms with Gasteiger partial charge in [-0.05, 0) is 67.8 Å². The molecule has 0 spiro atoms. The molecule has 2 amide bonds. The van der Waals surface area contributed by atoms with Crippen molar-refractivity contribution in [2.75, 3.05) is 18.5 Å². The topological polar surface area (TPSA) is 84.5 Å². The van der Waals surface area contributed by atoms with E-state index in [0.29, 0.717) is 41.4 Å². The van der Waals surface area contributed by atoms with Crippen LogP contribution in [0.4, 0.5) is 5.69 Å². The van der Waals surface area contributed by atoms with Gasteiger partial charge in [-0.1, -0.05) is 13.8 Å². The lowest BCUT2D eigenvalue weighted by Gasteiger charge is -2.09. The summed E-state index contributed by atoms with van der Waals surface area (Å²) in [7, 11) is 0. The zero-order valence-corrected chi connectivity index (χ0v) is 16.5. The summed E-state index contributed by atoms with van der Waals surface area (Å²) in [6.07, 6.45) is 0.918. The predicted molar refractivity (Wildman–Crippen MR) is 109 cm³/mol. The number of carbonyl (C=O) groups is 3. The van der Waals surface area contributed by atoms with Crippen LogP contribution in [0.2, 0.25) is 0 Å². The van der Waals surface area contributed by atoms with Gasteiger partial charge in [-0.3, -0.25) is 9.59 Å². The molecule has 0 bridgehead atoms. The molecule has 0 fully saturated rings. The average molecular weight is 382 g/mol. The summed E-state index contributed by atoms with van der Waals surface area (Å²) in [5, 5.41) is 5.63. The van der Waals surface area contributed by atoms with E-state index >= 15 is 0 Å². The Morgan fingerprint density at radius 3 is 1.93 bits per heavy atom. The summed E-state index contributed by atoms with van der Waals surface area (Å²) < 4.78 is 4.93. The first kappa shape index (κ1) is 21.2. The molecule has 0 saturated carbocycles. The third-order valence-corrected chi connectivity index (χ3v) is 4.07. The van der Waals surface area contributed by atoms with Gasteiger partial charge in [-0.15, -0.1) is 0 Å². The van der Waals surface area contributed by atoms with Gasteiger partial charge in [0, 0.05) is 23.4 Å². The second kappa shape index (κ2) is 10.3. The number of nitrogens with one attached hydrogen (secondary N) is 2. The van der Waals surface area contributed by atoms with Crippen molar-refractivity contribution in [1.29, 1.82) is 0 Å². The van der Waals surface area contributed by atoms with Crippen LogP contribution >= 0.6 is 0 Å². The maximum atomic E-state index is 12.4. The lowest BCUT2D eigenvalue weighted by molar-refractivity contribution is 0.0526. The summed E-state index contributed by atoms with van der Waals surface area (Å²) in [5.41, 5.74) is 1.94. The first-order chi connectivity index (χ1) is 13.4. The van der Waals surface area contributed by atoms with Crippen LogP contribution in [0.25, 0.3) is 0 Å². The van der Waals surface area contributed by atoms with Crippen molar-refractivity contribution in [3.63, 3.8) is 0 Å². The van der Waals surface area contributed by atoms with Crippen molar-refractivity contribution in [3.05, 3.63) is 65.2 Å². The fraction of sp³-hybridized carbons (Fsp3) is 0.318. The lowest BCUT2D eigenvalue weighted by Crippen LogP contribution is -2.25. The van der Waals surface area contributed by atoms with Gasteiger partial charge in [0.05, 0.1) is 12.2 Å². The fourth-order valence-corrected chi connectivity index (χ4v) is 2.46. The SMILES string of the molecule is CCOC(=O)c1ccc(NC(=O)c2ccc(C(=O)NCCC(C)C)cc2)cc1. The Morgan fingerprint density at radius 1 is 0.857 bits per heavy atom. The highest BCUT2D eigenvalue weighted by Gasteiger charge is 2.10. The highest BCUT2D eigenvalue weighted by Crippen LogP contribution is 2.13. The minimum Gasteiger partial charge on any atom is -0.462 e. The summed E-state index contributed by atoms with van der Waals surface area (Å²) in [4.78, 5) is 36.1. The number of rotatable bonds is 8. The molecule has 0 aliphatic heterocycles. The molecule has 6 nitrogen and oxygen atoms in total. The molecule has 0 heterocycles. The Labute approximate surface area is 165 Å². The summed E-state index contributed by atoms with van der Waals surface area (Å²) in [6, 6.07) is 12.9. The van der Waals surface area contributed by atoms with E-state index in [0.717, 1.165) is 6.42 Å². The number of hydrogen-bond acceptors (Lipinski definition) is 4. The van der Waals surface area contributed by atoms with Gasteiger partial charge < -0.3 is 15.4 Å². The molecule has 0 aliphatic rings. The minimum atomic E-state index is -0.400. The van der Waals surface area contributed by atoms with Gasteiger partial charge in [0.1, 0.15) is 0 Å². The van der Waals surface area contributed by atoms with E-state index in [2.05, 4.69) is 24.5 Å². The minimum absolute atomic E-state index is 0.151. The van der Waals surface area contributed by atoms with Crippen LogP contribution < -0.4 is 10.6 Å². The molecule has 2 aromatic carbocycles. The van der Waals surface area contributed by atoms with E-state index in [1.165, 1.54) is 0 Å². The Balaban J connectivity index is 1.93. The van der Waals surface area contributed by atoms with Crippen molar-refractivity contribution in [2.24, 2.45) is 5.92 Å². The number of carbonyl (C=O) groups excluding carboxylic acids is 3. The van der Waals surface area contributed by atoms with Crippen LogP contribution in [-0.4, -0.2) is 30.9 Å². The lowest BCUT2D eigenvalue weighted by atomic mass is 10.1. The number of ether oxygens (including phenoxy) is 1. The molecule has 28 heavy (non-hydrogen) atoms. The van der Waals surface area contributed by atoms with Crippen LogP contribution in [0.1, 0.15) is 58.3 Å². The Hall–Kier alpha value is -3.15. The first-order valence-corrected chi connectivity index (χ1v) is 9.37. The molecule has 148 valence electrons. The van der Waals surface area contributed by atoms with Crippen molar-refractivity contribution < 1.29 is 19.1 Å². The second-order valence-corrected chi connectivity index (χ2v) is 6.77. The monoisotopic (exact) mass is 382 g/mol. The van der Waals surface area contributed by atoms with Gasteiger partial charge in [0.25, 0.3) is 11.8 Å². The predicted octanol–water partition coefficient (Wildman–Crippen LogP) is 3.89. The van der Waals surface area contributed by atoms with E-state index in [1.807, 2.05) is 0 Å². The van der Waals surface area contributed by atoms with Crippen LogP contribution in [0.3, 0.4) is 0 Å². The summed E-state index contributed by atoms with van der Waals surface area (Å²) in [5.74, 6) is -0.321. The average Bonchev–Trinajstić information content (AvgIpc) is 2.68. The van der Waals surface area contributed by atoms with Gasteiger partial charge in [0.15, 0.2) is 0 Å². The van der Waals surface area contributed by atoms with Crippen LogP contribution in [-0.2, 0) is 4.74 Å². The molecule has 0 atom stereocenters. The number of benzene rings is 2. The molecule has 0 radical (unpaired) electrons. The number of hydrogen-bond donors (Lipinski definition) is 2. The van der Waals surface area contributed by atoms with E-state index in [9.17, 15) is 14.4 Å². The molecule has 0 saturated heterocycles. The van der Waals surface area contributed by atoms with Gasteiger partial charge in [0.2, 0.25) is 0 Å². The van der Waals surface area contributed by atoms with Gasteiger partial charge in [-0.2, -0.15) is 0 Å². The zero-order chi connectivity index (χ0) is 20.5. The van der Waals surface area contributed by atoms with Crippen molar-refractivity contribution in [2.45, 2.75) is 27.2 Å². The maximum absolute atomic E-state index is 12.4. The van der Waals surface area contributed by atoms with Crippen LogP contribution in [0.5, 0.6) is 0 Å². The number of esters is 1. The highest BCUT2D eigenvalue weighted by molar-refractivity contribution is 6.05. The zero-order valence-electron chi connectivity index (χ0n) is 16.5. The Kier molecular flexibility index (Phi) is 7.75. The smallest absolute Gasteiger partial charge is 0.338 e. The Bertz CT molecular complexity index is 811. The van der Waals surface area contributed by atoms with E-state index in [-0.39, 0.29) is 11.8 Å². The highest BCUT2D eigenvalue weighted by atomic mass is 16.5. The van der Waals surface area contributed by atoms with E-state index in [1.54, 1.807) is 55.5 Å². The van der Waals surface area contributed by atoms with Crippen LogP contribution in [0.15, 0.2) is 48.5 Å². The molecule has 0 unspecified atom stereocenters. The van der Waals surface area contributed by atoms with Crippen molar-refractivity contribution in [3.8, 4) is 0 Å². The fourth-order valence-electron chi connectivity index (χ4n) is 2.46. The number of anilines is 1. The van der Waals surface area contributed by atoms with Crippen molar-refractivity contribution >= 4 is 23.5 Å². The molecule has 0 aromatic heterocycles. The molecule has 2 aromatic rings. The molecular weight excluding hydrogens is 356 g/mol. The maximum Gasteiger partial charge on any atom is 0.338 e. The number of amides is 2. The van der Waals surface area contributed by atoms with Crippen molar-refractivity contribution in [1.82, 2.24) is 5.32 Å². The molecule has 2 rings (SSSR count). The summed E-state index contributed by atoms with van der Waals surface area (Å²) in [6.45, 7) is 6.88. The molecule has 2 N–H and O–H groups in total. The third kappa shape index (κ3) is 6.23. The quantitative estimate of drug-likeness (QED) is 0.679. The van der Waals surface area contributed by atoms with E-state index < -0.39 is 5.97 Å². The normalized spacial score (nSPS) is 10.4. The molecular formula is C22H26N2O4. The van der Waals surface area contributed by atoms with E-state index in [4.69, 9.17) is 4.74 Å². The molecule has 0 aliphatic carbocycles. The standard InChI is InChI=1S/C22H26N2O4/c1-4-28-22(27)18-9-11-19(12-10-18)24-21(26)17-7-5-16(6-8-17)20(25)23-14-13-15(2)3/h5-12,15H,4,13-14H2,1-3H3,(H,23,25)(H,24,26). The largest absolute Gasteiger partial charge is 0.462 e. The first-order valence-electron chi connectivity index (χ1n) is 9.37. The third-order valence-electron chi connectivity index (χ3n) is 4.07. The van der Waals surface area contributed by atoms with Gasteiger partial charge in [-0.25, -0.2) is 4.79 Å². The summed E-state index contributed by atoms with van der Waals surface area (Å²) >= 11 is 0. The molecule has 6 heteroatoms. The Morgan fingerprint density at radius 2 is 1.39 bits per heavy atom. The van der Waals surface area contributed by atoms with Crippen LogP contribution in [0, 0.1) is 5.92 Å². The van der Waals surface area contributed by atoms with Gasteiger partial charge >= 0.3 is 5.97 Å². The second-order valence-electron chi connectivity index (χ2n) is 6.77.